The number of epoxide rings is 5. The Morgan fingerprint density at radius 2 is 0.697 bits per heavy atom. The van der Waals surface area contributed by atoms with Crippen LogP contribution in [0.4, 0.5) is 0 Å². The molecule has 5 aliphatic heterocycles. The van der Waals surface area contributed by atoms with Crippen molar-refractivity contribution in [3.05, 3.63) is 162 Å². The van der Waals surface area contributed by atoms with E-state index in [-0.39, 0.29) is 30.7 Å². The molecule has 66 heavy (non-hydrogen) atoms. The highest BCUT2D eigenvalue weighted by Gasteiger charge is 2.29. The number of ether oxygens (including phenoxy) is 10. The van der Waals surface area contributed by atoms with Crippen molar-refractivity contribution in [1.29, 1.82) is 0 Å². The van der Waals surface area contributed by atoms with E-state index in [0.29, 0.717) is 45.9 Å². The molecule has 0 spiro atoms. The summed E-state index contributed by atoms with van der Waals surface area (Å²) in [6, 6.07) is 48.4. The Balaban J connectivity index is 0.000000141. The van der Waals surface area contributed by atoms with Gasteiger partial charge in [-0.2, -0.15) is 0 Å². The van der Waals surface area contributed by atoms with Crippen molar-refractivity contribution in [3.63, 3.8) is 0 Å². The van der Waals surface area contributed by atoms with Crippen molar-refractivity contribution in [2.24, 2.45) is 0 Å². The Morgan fingerprint density at radius 3 is 1.12 bits per heavy atom. The Labute approximate surface area is 382 Å². The van der Waals surface area contributed by atoms with Gasteiger partial charge >= 0.3 is 0 Å². The predicted molar refractivity (Wildman–Crippen MR) is 253 cm³/mol. The quantitative estimate of drug-likeness (QED) is 0.0773. The summed E-state index contributed by atoms with van der Waals surface area (Å²) in [5, 5.41) is 9.42. The molecule has 8 aromatic rings. The largest absolute Gasteiger partial charge is 0.491 e. The molecule has 0 saturated carbocycles. The van der Waals surface area contributed by atoms with Crippen LogP contribution in [0.2, 0.25) is 0 Å². The van der Waals surface area contributed by atoms with Gasteiger partial charge in [0.2, 0.25) is 6.29 Å². The van der Waals surface area contributed by atoms with Gasteiger partial charge in [-0.15, -0.1) is 0 Å². The minimum atomic E-state index is -0.139. The van der Waals surface area contributed by atoms with Crippen LogP contribution in [-0.4, -0.2) is 90.2 Å². The molecule has 0 radical (unpaired) electrons. The average Bonchev–Trinajstić information content (AvgIpc) is 4.12. The third-order valence-corrected chi connectivity index (χ3v) is 12.6. The standard InChI is InChI=1S/C30H28O6.C26H22O4/c1-2-4-25-19(3-1)6-9-29(35-17-23-15-33-23)27(25)12-28-26-11-21(31-13-22-14-32-22)8-5-20(26)7-10-30(28)36-18-24-16-34-24;1-3-7-20-17(5-1)9-11-24(28-15-19-14-27-19)22(20)13-23-21-8-4-2-6-18(21)10-12-25(23)30-26-16-29-26/h1-11,22-24H,12-18H2;1-12,19,26H,13-16H2. The summed E-state index contributed by atoms with van der Waals surface area (Å²) in [6.07, 6.45) is 2.03. The highest BCUT2D eigenvalue weighted by Crippen LogP contribution is 2.40. The molecule has 5 unspecified atom stereocenters. The highest BCUT2D eigenvalue weighted by atomic mass is 16.8. The van der Waals surface area contributed by atoms with Gasteiger partial charge < -0.3 is 47.4 Å². The molecular weight excluding hydrogens is 833 g/mol. The molecule has 8 aromatic carbocycles. The summed E-state index contributed by atoms with van der Waals surface area (Å²) in [7, 11) is 0. The second kappa shape index (κ2) is 18.1. The lowest BCUT2D eigenvalue weighted by molar-refractivity contribution is 0.178. The normalized spacial score (nSPS) is 20.9. The van der Waals surface area contributed by atoms with E-state index in [1.807, 2.05) is 6.07 Å². The fourth-order valence-corrected chi connectivity index (χ4v) is 8.62. The minimum Gasteiger partial charge on any atom is -0.491 e. The first-order chi connectivity index (χ1) is 32.6. The summed E-state index contributed by atoms with van der Waals surface area (Å²) in [5.74, 6) is 4.37. The van der Waals surface area contributed by atoms with Crippen molar-refractivity contribution in [1.82, 2.24) is 0 Å². The third kappa shape index (κ3) is 9.61. The third-order valence-electron chi connectivity index (χ3n) is 12.6. The van der Waals surface area contributed by atoms with Crippen molar-refractivity contribution < 1.29 is 47.4 Å². The van der Waals surface area contributed by atoms with E-state index >= 15 is 0 Å². The molecule has 0 bridgehead atoms. The number of rotatable bonds is 18. The molecule has 13 rings (SSSR count). The predicted octanol–water partition coefficient (Wildman–Crippen LogP) is 10.0. The van der Waals surface area contributed by atoms with Gasteiger partial charge in [0.05, 0.1) is 26.4 Å². The Morgan fingerprint density at radius 1 is 0.348 bits per heavy atom. The smallest absolute Gasteiger partial charge is 0.223 e. The number of benzene rings is 8. The summed E-state index contributed by atoms with van der Waals surface area (Å²) >= 11 is 0. The Hall–Kier alpha value is -6.40. The van der Waals surface area contributed by atoms with E-state index < -0.39 is 0 Å². The van der Waals surface area contributed by atoms with Crippen LogP contribution in [0.15, 0.2) is 140 Å². The van der Waals surface area contributed by atoms with Gasteiger partial charge in [-0.25, -0.2) is 0 Å². The maximum Gasteiger partial charge on any atom is 0.223 e. The molecule has 5 atom stereocenters. The topological polar surface area (TPSA) is 109 Å². The summed E-state index contributed by atoms with van der Waals surface area (Å²) in [6.45, 7) is 5.99. The van der Waals surface area contributed by atoms with Gasteiger partial charge in [0.15, 0.2) is 0 Å². The van der Waals surface area contributed by atoms with Crippen LogP contribution in [-0.2, 0) is 36.5 Å². The van der Waals surface area contributed by atoms with Gasteiger partial charge in [0.1, 0.15) is 86.2 Å². The first-order valence-electron chi connectivity index (χ1n) is 23.0. The Bertz CT molecular complexity index is 3030. The van der Waals surface area contributed by atoms with Crippen molar-refractivity contribution >= 4 is 43.1 Å². The van der Waals surface area contributed by atoms with Gasteiger partial charge in [-0.3, -0.25) is 0 Å². The van der Waals surface area contributed by atoms with Gasteiger partial charge in [-0.05, 0) is 79.5 Å². The van der Waals surface area contributed by atoms with Crippen molar-refractivity contribution in [2.75, 3.05) is 59.5 Å². The molecule has 5 aliphatic rings. The van der Waals surface area contributed by atoms with Crippen molar-refractivity contribution in [2.45, 2.75) is 43.5 Å². The van der Waals surface area contributed by atoms with Crippen LogP contribution in [0.5, 0.6) is 28.7 Å². The summed E-state index contributed by atoms with van der Waals surface area (Å²) < 4.78 is 57.7. The van der Waals surface area contributed by atoms with Crippen LogP contribution < -0.4 is 23.7 Å². The van der Waals surface area contributed by atoms with E-state index in [4.69, 9.17) is 47.4 Å². The second-order valence-electron chi connectivity index (χ2n) is 17.5. The molecule has 5 saturated heterocycles. The van der Waals surface area contributed by atoms with E-state index in [9.17, 15) is 0 Å². The van der Waals surface area contributed by atoms with Crippen LogP contribution in [0.1, 0.15) is 22.3 Å². The maximum absolute atomic E-state index is 6.30. The average molecular weight is 883 g/mol. The minimum absolute atomic E-state index is 0.139. The SMILES string of the molecule is c1ccc2c(Cc3c(OC4CO4)ccc4ccccc34)c(OCC3CO3)ccc2c1.c1ccc2c(Cc3c(OCC4CO4)ccc4ccc(OCC5CO5)cc34)c(OCC3CO3)ccc2c1. The first-order valence-corrected chi connectivity index (χ1v) is 23.0. The second-order valence-corrected chi connectivity index (χ2v) is 17.5. The maximum atomic E-state index is 6.30. The molecule has 10 nitrogen and oxygen atoms in total. The fourth-order valence-electron chi connectivity index (χ4n) is 8.62. The van der Waals surface area contributed by atoms with Crippen LogP contribution >= 0.6 is 0 Å². The van der Waals surface area contributed by atoms with E-state index in [0.717, 1.165) is 82.6 Å². The molecule has 5 fully saturated rings. The highest BCUT2D eigenvalue weighted by molar-refractivity contribution is 5.93. The fraction of sp³-hybridized carbons (Fsp3) is 0.286. The zero-order valence-electron chi connectivity index (χ0n) is 36.5. The first kappa shape index (κ1) is 41.1. The summed E-state index contributed by atoms with van der Waals surface area (Å²) in [4.78, 5) is 0. The van der Waals surface area contributed by atoms with Gasteiger partial charge in [-0.1, -0.05) is 103 Å². The zero-order chi connectivity index (χ0) is 43.8. The lowest BCUT2D eigenvalue weighted by Crippen LogP contribution is -2.09. The number of fused-ring (bicyclic) bond motifs is 4. The number of hydrogen-bond acceptors (Lipinski definition) is 10. The molecule has 334 valence electrons. The van der Waals surface area contributed by atoms with Crippen molar-refractivity contribution in [3.8, 4) is 28.7 Å². The molecular formula is C56H50O10. The molecule has 0 aliphatic carbocycles. The van der Waals surface area contributed by atoms with Crippen LogP contribution in [0.25, 0.3) is 43.1 Å². The van der Waals surface area contributed by atoms with E-state index in [1.165, 1.54) is 37.9 Å². The molecule has 0 amide bonds. The molecule has 5 heterocycles. The zero-order valence-corrected chi connectivity index (χ0v) is 36.5. The van der Waals surface area contributed by atoms with Crippen LogP contribution in [0, 0.1) is 0 Å². The molecule has 0 N–H and O–H groups in total. The van der Waals surface area contributed by atoms with Gasteiger partial charge in [0.25, 0.3) is 0 Å². The summed E-state index contributed by atoms with van der Waals surface area (Å²) in [5.41, 5.74) is 4.59. The molecule has 0 aromatic heterocycles. The Kier molecular flexibility index (Phi) is 11.3. The van der Waals surface area contributed by atoms with E-state index in [1.54, 1.807) is 0 Å². The molecule has 10 heteroatoms. The monoisotopic (exact) mass is 882 g/mol. The number of hydrogen-bond donors (Lipinski definition) is 0. The lowest BCUT2D eigenvalue weighted by Gasteiger charge is -2.18. The van der Waals surface area contributed by atoms with Gasteiger partial charge in [0, 0.05) is 35.1 Å². The van der Waals surface area contributed by atoms with Crippen LogP contribution in [0.3, 0.4) is 0 Å². The lowest BCUT2D eigenvalue weighted by atomic mass is 9.93. The van der Waals surface area contributed by atoms with E-state index in [2.05, 4.69) is 133 Å².